The number of esters is 1. The van der Waals surface area contributed by atoms with Crippen LogP contribution in [0, 0.1) is 0 Å². The lowest BCUT2D eigenvalue weighted by Crippen LogP contribution is -2.00. The highest BCUT2D eigenvalue weighted by molar-refractivity contribution is 5.68. The van der Waals surface area contributed by atoms with E-state index in [9.17, 15) is 4.79 Å². The summed E-state index contributed by atoms with van der Waals surface area (Å²) in [6, 6.07) is 7.39. The molecule has 0 amide bonds. The number of methoxy groups -OCH3 is 1. The van der Waals surface area contributed by atoms with Gasteiger partial charge >= 0.3 is 5.97 Å². The largest absolute Gasteiger partial charge is 0.494 e. The number of ether oxygens (including phenoxy) is 2. The Balaban J connectivity index is 1.99. The Kier molecular flexibility index (Phi) is 6.69. The number of carbonyl (C=O) groups excluding carboxylic acids is 1. The molecule has 4 nitrogen and oxygen atoms in total. The van der Waals surface area contributed by atoms with Crippen molar-refractivity contribution >= 4 is 11.7 Å². The SMILES string of the molecule is COC(=O)CCCCCCOc1ccc(N)cc1. The molecular weight excluding hydrogens is 230 g/mol. The summed E-state index contributed by atoms with van der Waals surface area (Å²) in [6.45, 7) is 0.697. The highest BCUT2D eigenvalue weighted by Gasteiger charge is 1.99. The Labute approximate surface area is 108 Å². The molecule has 0 bridgehead atoms. The third-order valence-electron chi connectivity index (χ3n) is 2.65. The standard InChI is InChI=1S/C14H21NO3/c1-17-14(16)6-4-2-3-5-11-18-13-9-7-12(15)8-10-13/h7-10H,2-6,11,15H2,1H3. The molecule has 0 atom stereocenters. The van der Waals surface area contributed by atoms with Crippen LogP contribution in [0.2, 0.25) is 0 Å². The maximum absolute atomic E-state index is 10.9. The van der Waals surface area contributed by atoms with Gasteiger partial charge in [-0.05, 0) is 37.1 Å². The summed E-state index contributed by atoms with van der Waals surface area (Å²) in [5, 5.41) is 0. The summed E-state index contributed by atoms with van der Waals surface area (Å²) in [5.74, 6) is 0.715. The van der Waals surface area contributed by atoms with Gasteiger partial charge in [0.1, 0.15) is 5.75 Å². The maximum atomic E-state index is 10.9. The Hall–Kier alpha value is -1.71. The van der Waals surface area contributed by atoms with Gasteiger partial charge in [-0.2, -0.15) is 0 Å². The topological polar surface area (TPSA) is 61.5 Å². The number of unbranched alkanes of at least 4 members (excludes halogenated alkanes) is 3. The molecule has 0 fully saturated rings. The van der Waals surface area contributed by atoms with Gasteiger partial charge in [-0.25, -0.2) is 0 Å². The van der Waals surface area contributed by atoms with Crippen LogP contribution in [0.25, 0.3) is 0 Å². The minimum atomic E-state index is -0.131. The van der Waals surface area contributed by atoms with Gasteiger partial charge < -0.3 is 15.2 Å². The van der Waals surface area contributed by atoms with Crippen LogP contribution in [0.3, 0.4) is 0 Å². The second-order valence-electron chi connectivity index (χ2n) is 4.16. The molecule has 1 aromatic carbocycles. The number of nitrogen functional groups attached to an aromatic ring is 1. The second-order valence-corrected chi connectivity index (χ2v) is 4.16. The normalized spacial score (nSPS) is 10.1. The highest BCUT2D eigenvalue weighted by Crippen LogP contribution is 2.13. The van der Waals surface area contributed by atoms with Crippen molar-refractivity contribution in [2.24, 2.45) is 0 Å². The van der Waals surface area contributed by atoms with Crippen LogP contribution in [-0.2, 0) is 9.53 Å². The van der Waals surface area contributed by atoms with Crippen molar-refractivity contribution in [1.29, 1.82) is 0 Å². The van der Waals surface area contributed by atoms with E-state index in [2.05, 4.69) is 4.74 Å². The van der Waals surface area contributed by atoms with Crippen LogP contribution in [0.5, 0.6) is 5.75 Å². The minimum Gasteiger partial charge on any atom is -0.494 e. The van der Waals surface area contributed by atoms with Crippen molar-refractivity contribution in [2.45, 2.75) is 32.1 Å². The highest BCUT2D eigenvalue weighted by atomic mass is 16.5. The van der Waals surface area contributed by atoms with Crippen LogP contribution in [0.4, 0.5) is 5.69 Å². The Morgan fingerprint density at radius 1 is 1.11 bits per heavy atom. The summed E-state index contributed by atoms with van der Waals surface area (Å²) >= 11 is 0. The summed E-state index contributed by atoms with van der Waals surface area (Å²) in [5.41, 5.74) is 6.32. The zero-order valence-corrected chi connectivity index (χ0v) is 10.9. The number of nitrogens with two attached hydrogens (primary N) is 1. The third kappa shape index (κ3) is 6.13. The predicted octanol–water partition coefficient (Wildman–Crippen LogP) is 2.77. The molecule has 18 heavy (non-hydrogen) atoms. The van der Waals surface area contributed by atoms with Gasteiger partial charge in [-0.3, -0.25) is 4.79 Å². The third-order valence-corrected chi connectivity index (χ3v) is 2.65. The summed E-state index contributed by atoms with van der Waals surface area (Å²) in [4.78, 5) is 10.9. The van der Waals surface area contributed by atoms with Crippen LogP contribution >= 0.6 is 0 Å². The van der Waals surface area contributed by atoms with Crippen molar-refractivity contribution in [2.75, 3.05) is 19.5 Å². The molecule has 0 radical (unpaired) electrons. The molecule has 0 aliphatic carbocycles. The summed E-state index contributed by atoms with van der Waals surface area (Å²) < 4.78 is 10.1. The summed E-state index contributed by atoms with van der Waals surface area (Å²) in [7, 11) is 1.42. The molecule has 0 saturated heterocycles. The fourth-order valence-electron chi connectivity index (χ4n) is 1.58. The molecule has 2 N–H and O–H groups in total. The number of benzene rings is 1. The predicted molar refractivity (Wildman–Crippen MR) is 71.5 cm³/mol. The van der Waals surface area contributed by atoms with Gasteiger partial charge in [0.05, 0.1) is 13.7 Å². The quantitative estimate of drug-likeness (QED) is 0.438. The first-order chi connectivity index (χ1) is 8.72. The van der Waals surface area contributed by atoms with Crippen molar-refractivity contribution in [3.05, 3.63) is 24.3 Å². The van der Waals surface area contributed by atoms with E-state index in [1.807, 2.05) is 24.3 Å². The van der Waals surface area contributed by atoms with Crippen LogP contribution in [0.1, 0.15) is 32.1 Å². The first-order valence-corrected chi connectivity index (χ1v) is 6.27. The number of anilines is 1. The molecule has 0 aromatic heterocycles. The van der Waals surface area contributed by atoms with Crippen LogP contribution in [-0.4, -0.2) is 19.7 Å². The van der Waals surface area contributed by atoms with Gasteiger partial charge in [-0.15, -0.1) is 0 Å². The van der Waals surface area contributed by atoms with E-state index in [1.54, 1.807) is 0 Å². The van der Waals surface area contributed by atoms with Crippen LogP contribution in [0.15, 0.2) is 24.3 Å². The van der Waals surface area contributed by atoms with Gasteiger partial charge in [0.2, 0.25) is 0 Å². The Bertz CT molecular complexity index is 349. The van der Waals surface area contributed by atoms with Crippen molar-refractivity contribution in [3.8, 4) is 5.75 Å². The molecule has 4 heteroatoms. The Morgan fingerprint density at radius 2 is 1.78 bits per heavy atom. The zero-order chi connectivity index (χ0) is 13.2. The van der Waals surface area contributed by atoms with Crippen LogP contribution < -0.4 is 10.5 Å². The zero-order valence-electron chi connectivity index (χ0n) is 10.9. The molecule has 0 spiro atoms. The maximum Gasteiger partial charge on any atom is 0.305 e. The van der Waals surface area contributed by atoms with E-state index < -0.39 is 0 Å². The average Bonchev–Trinajstić information content (AvgIpc) is 2.39. The van der Waals surface area contributed by atoms with Gasteiger partial charge in [-0.1, -0.05) is 12.8 Å². The lowest BCUT2D eigenvalue weighted by atomic mass is 10.1. The van der Waals surface area contributed by atoms with E-state index in [0.717, 1.165) is 37.1 Å². The molecule has 0 unspecified atom stereocenters. The Morgan fingerprint density at radius 3 is 2.44 bits per heavy atom. The van der Waals surface area contributed by atoms with E-state index in [1.165, 1.54) is 7.11 Å². The molecule has 1 aromatic rings. The molecule has 0 heterocycles. The number of carbonyl (C=O) groups is 1. The smallest absolute Gasteiger partial charge is 0.305 e. The van der Waals surface area contributed by atoms with E-state index in [4.69, 9.17) is 10.5 Å². The molecular formula is C14H21NO3. The van der Waals surface area contributed by atoms with Crippen molar-refractivity contribution in [3.63, 3.8) is 0 Å². The molecule has 0 aliphatic rings. The molecule has 100 valence electrons. The second kappa shape index (κ2) is 8.39. The molecule has 0 saturated carbocycles. The first kappa shape index (κ1) is 14.4. The minimum absolute atomic E-state index is 0.131. The number of rotatable bonds is 8. The van der Waals surface area contributed by atoms with Gasteiger partial charge in [0.15, 0.2) is 0 Å². The van der Waals surface area contributed by atoms with Crippen molar-refractivity contribution < 1.29 is 14.3 Å². The van der Waals surface area contributed by atoms with E-state index in [0.29, 0.717) is 13.0 Å². The first-order valence-electron chi connectivity index (χ1n) is 6.27. The number of hydrogen-bond donors (Lipinski definition) is 1. The van der Waals surface area contributed by atoms with E-state index in [-0.39, 0.29) is 5.97 Å². The average molecular weight is 251 g/mol. The van der Waals surface area contributed by atoms with Gasteiger partial charge in [0, 0.05) is 12.1 Å². The monoisotopic (exact) mass is 251 g/mol. The summed E-state index contributed by atoms with van der Waals surface area (Å²) in [6.07, 6.45) is 4.47. The van der Waals surface area contributed by atoms with E-state index >= 15 is 0 Å². The lowest BCUT2D eigenvalue weighted by molar-refractivity contribution is -0.140. The van der Waals surface area contributed by atoms with Gasteiger partial charge in [0.25, 0.3) is 0 Å². The molecule has 1 rings (SSSR count). The van der Waals surface area contributed by atoms with Crippen molar-refractivity contribution in [1.82, 2.24) is 0 Å². The number of hydrogen-bond acceptors (Lipinski definition) is 4. The fourth-order valence-corrected chi connectivity index (χ4v) is 1.58. The molecule has 0 aliphatic heterocycles. The fraction of sp³-hybridized carbons (Fsp3) is 0.500. The lowest BCUT2D eigenvalue weighted by Gasteiger charge is -2.06.